The van der Waals surface area contributed by atoms with Crippen molar-refractivity contribution in [1.82, 2.24) is 11.0 Å². The molecule has 2 amide bonds. The minimum Gasteiger partial charge on any atom is -0.506 e. The maximum absolute atomic E-state index is 12.8. The molecule has 428 valence electrons. The van der Waals surface area contributed by atoms with Gasteiger partial charge in [0, 0.05) is 23.0 Å². The van der Waals surface area contributed by atoms with Crippen LogP contribution in [-0.4, -0.2) is 119 Å². The van der Waals surface area contributed by atoms with Gasteiger partial charge in [0.05, 0.1) is 33.4 Å². The maximum atomic E-state index is 12.8. The average Bonchev–Trinajstić information content (AvgIpc) is 3.59. The van der Waals surface area contributed by atoms with Gasteiger partial charge in [-0.2, -0.15) is 11.0 Å². The molecule has 6 rings (SSSR count). The summed E-state index contributed by atoms with van der Waals surface area (Å²) in [7, 11) is 1.31. The number of nitrogens with one attached hydrogen (secondary N) is 2. The molecule has 0 radical (unpaired) electrons. The number of carbonyl (C=O) groups is 2. The van der Waals surface area contributed by atoms with E-state index >= 15 is 0 Å². The van der Waals surface area contributed by atoms with Crippen LogP contribution >= 0.6 is 0 Å². The number of rotatable bonds is 19. The summed E-state index contributed by atoms with van der Waals surface area (Å²) in [5, 5.41) is 51.8. The van der Waals surface area contributed by atoms with E-state index in [1.165, 1.54) is 45.2 Å². The highest BCUT2D eigenvalue weighted by atomic mass is 16.7. The van der Waals surface area contributed by atoms with Gasteiger partial charge >= 0.3 is 23.4 Å². The zero-order chi connectivity index (χ0) is 59.2. The van der Waals surface area contributed by atoms with Crippen molar-refractivity contribution in [2.75, 3.05) is 26.9 Å². The number of aromatic hydroxyl groups is 2. The topological polar surface area (TPSA) is 317 Å². The minimum absolute atomic E-state index is 0.0302. The van der Waals surface area contributed by atoms with E-state index in [0.29, 0.717) is 24.0 Å². The first kappa shape index (κ1) is 62.3. The molecule has 10 atom stereocenters. The van der Waals surface area contributed by atoms with Gasteiger partial charge < -0.3 is 67.4 Å². The number of aliphatic hydroxyl groups is 2. The third kappa shape index (κ3) is 13.8. The van der Waals surface area contributed by atoms with E-state index in [2.05, 4.69) is 46.7 Å². The Morgan fingerprint density at radius 1 is 0.700 bits per heavy atom. The van der Waals surface area contributed by atoms with Crippen LogP contribution in [0.25, 0.3) is 21.9 Å². The van der Waals surface area contributed by atoms with Gasteiger partial charge in [0.1, 0.15) is 77.8 Å². The number of hydrogen-bond acceptors (Lipinski definition) is 22. The molecule has 0 saturated carbocycles. The monoisotopic (exact) mass is 1110 g/mol. The molecule has 2 fully saturated rings. The molecule has 2 saturated heterocycles. The summed E-state index contributed by atoms with van der Waals surface area (Å²) in [5.74, 6) is 5.28. The van der Waals surface area contributed by atoms with E-state index in [0.717, 1.165) is 0 Å². The van der Waals surface area contributed by atoms with Gasteiger partial charge in [-0.25, -0.2) is 19.2 Å². The Hall–Kier alpha value is -8.54. The van der Waals surface area contributed by atoms with Crippen molar-refractivity contribution in [3.63, 3.8) is 0 Å². The molecule has 80 heavy (non-hydrogen) atoms. The molecule has 24 heteroatoms. The first-order chi connectivity index (χ1) is 38.0. The van der Waals surface area contributed by atoms with E-state index in [-0.39, 0.29) is 87.3 Å². The van der Waals surface area contributed by atoms with Crippen molar-refractivity contribution in [3.05, 3.63) is 92.7 Å². The first-order valence-corrected chi connectivity index (χ1v) is 24.6. The van der Waals surface area contributed by atoms with Crippen molar-refractivity contribution < 1.29 is 86.6 Å². The second-order valence-electron chi connectivity index (χ2n) is 18.7. The van der Waals surface area contributed by atoms with Crippen LogP contribution in [0.5, 0.6) is 23.0 Å². The standard InChI is InChI=1S/C29H32N2O10.C27H32N2O10/c1-8-13-29(7)17(5)22(32)25(40-28(35)31-37-15-10-3)27(41-29)38-20-12-11-19-23(33)21(18(6)30-36-14-9-2)26(34)39-24(19)16(20)4;1-8-12-27(6)15(4)23(38-26(33)29-35-13-9-2)21(31)25(39-27)36-18-11-10-17-20(30)19(16(5)28-34-7)24(32)37-22(17)14(18)3/h2-3,8,11-12,17,22,25,27,32-33H,1,13-15H2,4-7H3,(H,31,35);2,8,10-11,15,21,23,25,30-31H,1,12-13H2,3-7H3,(H,29,33)/b30-18-;28-16-/t17-,22-,25-,27?,29+;15-,21-,23-,25?,27+/m11/s1. The van der Waals surface area contributed by atoms with Crippen molar-refractivity contribution in [2.45, 2.75) is 116 Å². The first-order valence-electron chi connectivity index (χ1n) is 24.6. The van der Waals surface area contributed by atoms with E-state index in [9.17, 15) is 39.6 Å². The van der Waals surface area contributed by atoms with Crippen LogP contribution in [0.2, 0.25) is 0 Å². The third-order valence-corrected chi connectivity index (χ3v) is 13.4. The number of oxime groups is 2. The minimum atomic E-state index is -1.43. The largest absolute Gasteiger partial charge is 0.506 e. The molecular formula is C56H64N4O20. The number of terminal acetylenes is 3. The highest BCUT2D eigenvalue weighted by Crippen LogP contribution is 2.43. The van der Waals surface area contributed by atoms with Gasteiger partial charge in [0.2, 0.25) is 12.6 Å². The molecule has 2 aromatic heterocycles. The highest BCUT2D eigenvalue weighted by molar-refractivity contribution is 6.05. The lowest BCUT2D eigenvalue weighted by Gasteiger charge is -2.48. The number of aliphatic hydroxyl groups excluding tert-OH is 2. The summed E-state index contributed by atoms with van der Waals surface area (Å²) in [6.45, 7) is 20.2. The molecule has 0 bridgehead atoms. The molecule has 0 spiro atoms. The summed E-state index contributed by atoms with van der Waals surface area (Å²) in [4.78, 5) is 69.3. The Morgan fingerprint density at radius 2 is 1.14 bits per heavy atom. The number of nitrogens with zero attached hydrogens (tertiary/aromatic N) is 2. The van der Waals surface area contributed by atoms with Crippen LogP contribution in [0.15, 0.2) is 78.3 Å². The number of carbonyl (C=O) groups excluding carboxylic acids is 2. The van der Waals surface area contributed by atoms with Gasteiger partial charge in [-0.05, 0) is 78.6 Å². The fourth-order valence-corrected chi connectivity index (χ4v) is 8.85. The second-order valence-corrected chi connectivity index (χ2v) is 18.7. The third-order valence-electron chi connectivity index (χ3n) is 13.4. The van der Waals surface area contributed by atoms with Gasteiger partial charge in [0.15, 0.2) is 18.8 Å². The zero-order valence-electron chi connectivity index (χ0n) is 45.5. The summed E-state index contributed by atoms with van der Waals surface area (Å²) >= 11 is 0. The quantitative estimate of drug-likeness (QED) is 0.0161. The van der Waals surface area contributed by atoms with Gasteiger partial charge in [-0.15, -0.1) is 32.4 Å². The Kier molecular flexibility index (Phi) is 21.3. The summed E-state index contributed by atoms with van der Waals surface area (Å²) < 4.78 is 46.4. The van der Waals surface area contributed by atoms with E-state index < -0.39 is 83.5 Å². The molecule has 4 heterocycles. The molecule has 2 aromatic carbocycles. The number of benzene rings is 2. The van der Waals surface area contributed by atoms with E-state index in [1.807, 2.05) is 5.48 Å². The predicted octanol–water partition coefficient (Wildman–Crippen LogP) is 5.81. The summed E-state index contributed by atoms with van der Waals surface area (Å²) in [6.07, 6.45) is 9.70. The molecular weight excluding hydrogens is 1050 g/mol. The number of aryl methyl sites for hydroxylation is 2. The summed E-state index contributed by atoms with van der Waals surface area (Å²) in [6, 6.07) is 5.99. The predicted molar refractivity (Wildman–Crippen MR) is 288 cm³/mol. The van der Waals surface area contributed by atoms with Crippen molar-refractivity contribution in [2.24, 2.45) is 22.1 Å². The zero-order valence-corrected chi connectivity index (χ0v) is 45.5. The van der Waals surface area contributed by atoms with Gasteiger partial charge in [-0.1, -0.05) is 54.1 Å². The van der Waals surface area contributed by atoms with Gasteiger partial charge in [-0.3, -0.25) is 9.68 Å². The Bertz CT molecular complexity index is 3260. The van der Waals surface area contributed by atoms with E-state index in [1.54, 1.807) is 53.7 Å². The van der Waals surface area contributed by atoms with Crippen molar-refractivity contribution in [1.29, 1.82) is 0 Å². The second kappa shape index (κ2) is 27.4. The maximum Gasteiger partial charge on any atom is 0.431 e. The van der Waals surface area contributed by atoms with Crippen LogP contribution in [0.1, 0.15) is 76.6 Å². The van der Waals surface area contributed by atoms with Crippen LogP contribution in [-0.2, 0) is 38.3 Å². The number of amides is 2. The van der Waals surface area contributed by atoms with Crippen LogP contribution in [0, 0.1) is 62.7 Å². The normalized spacial score (nSPS) is 24.6. The highest BCUT2D eigenvalue weighted by Gasteiger charge is 2.54. The molecule has 6 N–H and O–H groups in total. The number of hydrogen-bond donors (Lipinski definition) is 6. The lowest BCUT2D eigenvalue weighted by Crippen LogP contribution is -2.62. The summed E-state index contributed by atoms with van der Waals surface area (Å²) in [5.41, 5.74) is 1.14. The van der Waals surface area contributed by atoms with Crippen LogP contribution in [0.4, 0.5) is 9.59 Å². The van der Waals surface area contributed by atoms with Gasteiger partial charge in [0.25, 0.3) is 0 Å². The fourth-order valence-electron chi connectivity index (χ4n) is 8.85. The van der Waals surface area contributed by atoms with Crippen molar-refractivity contribution in [3.8, 4) is 60.0 Å². The molecule has 24 nitrogen and oxygen atoms in total. The smallest absolute Gasteiger partial charge is 0.431 e. The number of ether oxygens (including phenoxy) is 6. The Labute approximate surface area is 460 Å². The molecule has 2 unspecified atom stereocenters. The van der Waals surface area contributed by atoms with Crippen LogP contribution < -0.4 is 31.7 Å². The fraction of sp³-hybridized carbons (Fsp3) is 0.429. The molecule has 2 aliphatic rings. The molecule has 2 aliphatic heterocycles. The lowest BCUT2D eigenvalue weighted by atomic mass is 9.79. The molecule has 4 aromatic rings. The number of hydroxylamine groups is 2. The molecule has 0 aliphatic carbocycles. The Morgan fingerprint density at radius 3 is 1.60 bits per heavy atom. The van der Waals surface area contributed by atoms with Crippen molar-refractivity contribution >= 4 is 45.5 Å². The SMILES string of the molecule is C#CCO/N=C(/C)c1c(O)c2ccc(OC3O[C@@](C)(CC=C)[C@H](C)[C@@H](O)[C@H]3OC(=O)NOCC#C)c(C)c2oc1=O.C#CCONC(=O)O[C@@H]1[C@@H](C)[C@](C)(CC=C)OC(Oc2ccc3c(O)c(/C(C)=N\OC)c(=O)oc3c2C)[C@@H]1O. The van der Waals surface area contributed by atoms with Crippen LogP contribution in [0.3, 0.4) is 0 Å². The lowest BCUT2D eigenvalue weighted by molar-refractivity contribution is -0.289. The number of fused-ring (bicyclic) bond motifs is 2. The average molecular weight is 1110 g/mol. The van der Waals surface area contributed by atoms with E-state index in [4.69, 9.17) is 75.9 Å². The Balaban J connectivity index is 0.000000294.